The van der Waals surface area contributed by atoms with E-state index in [1.54, 1.807) is 22.7 Å². The second-order valence-corrected chi connectivity index (χ2v) is 6.54. The first-order valence-corrected chi connectivity index (χ1v) is 7.63. The minimum Gasteiger partial charge on any atom is -0.481 e. The fraction of sp³-hybridized carbons (Fsp3) is 0.385. The van der Waals surface area contributed by atoms with Gasteiger partial charge in [0.2, 0.25) is 0 Å². The quantitative estimate of drug-likeness (QED) is 0.912. The van der Waals surface area contributed by atoms with Gasteiger partial charge in [0.1, 0.15) is 10.9 Å². The Bertz CT molecular complexity index is 600. The third-order valence-corrected chi connectivity index (χ3v) is 5.61. The van der Waals surface area contributed by atoms with Gasteiger partial charge < -0.3 is 5.11 Å². The lowest BCUT2D eigenvalue weighted by molar-refractivity contribution is -0.139. The van der Waals surface area contributed by atoms with Crippen molar-refractivity contribution in [2.24, 2.45) is 0 Å². The van der Waals surface area contributed by atoms with Gasteiger partial charge >= 0.3 is 5.97 Å². The van der Waals surface area contributed by atoms with Crippen LogP contribution in [-0.4, -0.2) is 16.1 Å². The highest BCUT2D eigenvalue weighted by Crippen LogP contribution is 2.40. The summed E-state index contributed by atoms with van der Waals surface area (Å²) in [6.45, 7) is 2.07. The third kappa shape index (κ3) is 1.87. The molecule has 3 nitrogen and oxygen atoms in total. The molecule has 2 aromatic heterocycles. The smallest absolute Gasteiger partial charge is 0.312 e. The number of carboxylic acid groups (broad SMARTS) is 1. The van der Waals surface area contributed by atoms with Crippen LogP contribution in [0.4, 0.5) is 0 Å². The van der Waals surface area contributed by atoms with Gasteiger partial charge in [-0.05, 0) is 43.2 Å². The summed E-state index contributed by atoms with van der Waals surface area (Å²) >= 11 is 3.34. The molecule has 0 amide bonds. The van der Waals surface area contributed by atoms with Gasteiger partial charge in [-0.3, -0.25) is 4.79 Å². The number of hydrogen-bond acceptors (Lipinski definition) is 4. The van der Waals surface area contributed by atoms with Gasteiger partial charge in [-0.1, -0.05) is 0 Å². The second kappa shape index (κ2) is 4.48. The molecular weight excluding hydrogens is 266 g/mol. The molecule has 3 rings (SSSR count). The van der Waals surface area contributed by atoms with Crippen molar-refractivity contribution in [2.75, 3.05) is 0 Å². The van der Waals surface area contributed by atoms with Crippen LogP contribution in [0.5, 0.6) is 0 Å². The molecule has 1 N–H and O–H groups in total. The summed E-state index contributed by atoms with van der Waals surface area (Å²) < 4.78 is 0. The van der Waals surface area contributed by atoms with Crippen LogP contribution >= 0.6 is 22.7 Å². The molecule has 2 heterocycles. The summed E-state index contributed by atoms with van der Waals surface area (Å²) in [5, 5.41) is 12.3. The Labute approximate surface area is 113 Å². The predicted octanol–water partition coefficient (Wildman–Crippen LogP) is 3.68. The first kappa shape index (κ1) is 11.9. The van der Waals surface area contributed by atoms with Crippen LogP contribution in [0.1, 0.15) is 34.9 Å². The highest BCUT2D eigenvalue weighted by atomic mass is 32.1. The van der Waals surface area contributed by atoms with Crippen LogP contribution in [0.15, 0.2) is 11.4 Å². The van der Waals surface area contributed by atoms with E-state index in [1.165, 1.54) is 10.4 Å². The second-order valence-electron chi connectivity index (χ2n) is 4.54. The number of aliphatic carboxylic acids is 1. The zero-order valence-electron chi connectivity index (χ0n) is 9.97. The van der Waals surface area contributed by atoms with E-state index in [-0.39, 0.29) is 0 Å². The van der Waals surface area contributed by atoms with E-state index in [1.807, 2.05) is 0 Å². The van der Waals surface area contributed by atoms with Crippen LogP contribution in [0, 0.1) is 6.92 Å². The Hall–Kier alpha value is -1.20. The van der Waals surface area contributed by atoms with Gasteiger partial charge in [-0.25, -0.2) is 4.98 Å². The SMILES string of the molecule is Cc1ccsc1-c1nc2c(s1)CCCC2C(=O)O. The Kier molecular flexibility index (Phi) is 2.95. The molecule has 2 aromatic rings. The predicted molar refractivity (Wildman–Crippen MR) is 73.5 cm³/mol. The van der Waals surface area contributed by atoms with Gasteiger partial charge in [0, 0.05) is 4.88 Å². The topological polar surface area (TPSA) is 50.2 Å². The van der Waals surface area contributed by atoms with Gasteiger partial charge in [-0.15, -0.1) is 22.7 Å². The van der Waals surface area contributed by atoms with Crippen molar-refractivity contribution in [3.8, 4) is 9.88 Å². The zero-order chi connectivity index (χ0) is 12.7. The van der Waals surface area contributed by atoms with Gasteiger partial charge in [0.05, 0.1) is 10.6 Å². The van der Waals surface area contributed by atoms with Gasteiger partial charge in [0.15, 0.2) is 0 Å². The van der Waals surface area contributed by atoms with Crippen LogP contribution < -0.4 is 0 Å². The van der Waals surface area contributed by atoms with Crippen LogP contribution in [0.25, 0.3) is 9.88 Å². The molecule has 0 aromatic carbocycles. The van der Waals surface area contributed by atoms with Crippen molar-refractivity contribution in [2.45, 2.75) is 32.1 Å². The Balaban J connectivity index is 2.06. The molecule has 1 unspecified atom stereocenters. The number of aromatic nitrogens is 1. The number of aryl methyl sites for hydroxylation is 2. The minimum absolute atomic E-state index is 0.404. The standard InChI is InChI=1S/C13H13NO2S2/c1-7-5-6-17-11(7)12-14-10-8(13(15)16)3-2-4-9(10)18-12/h5-6,8H,2-4H2,1H3,(H,15,16). The number of carboxylic acids is 1. The Morgan fingerprint density at radius 1 is 1.56 bits per heavy atom. The van der Waals surface area contributed by atoms with E-state index >= 15 is 0 Å². The molecule has 1 aliphatic carbocycles. The van der Waals surface area contributed by atoms with Crippen LogP contribution in [0.2, 0.25) is 0 Å². The Morgan fingerprint density at radius 2 is 2.39 bits per heavy atom. The summed E-state index contributed by atoms with van der Waals surface area (Å²) in [4.78, 5) is 18.2. The normalized spacial score (nSPS) is 18.6. The van der Waals surface area contributed by atoms with Crippen molar-refractivity contribution in [1.82, 2.24) is 4.98 Å². The monoisotopic (exact) mass is 279 g/mol. The van der Waals surface area contributed by atoms with E-state index in [4.69, 9.17) is 0 Å². The molecule has 0 spiro atoms. The maximum absolute atomic E-state index is 11.2. The number of thiazole rings is 1. The summed E-state index contributed by atoms with van der Waals surface area (Å²) in [6.07, 6.45) is 2.64. The largest absolute Gasteiger partial charge is 0.481 e. The zero-order valence-corrected chi connectivity index (χ0v) is 11.6. The van der Waals surface area contributed by atoms with Crippen molar-refractivity contribution in [1.29, 1.82) is 0 Å². The summed E-state index contributed by atoms with van der Waals surface area (Å²) in [6, 6.07) is 2.08. The molecule has 94 valence electrons. The lowest BCUT2D eigenvalue weighted by atomic mass is 9.91. The van der Waals surface area contributed by atoms with E-state index in [0.717, 1.165) is 34.8 Å². The van der Waals surface area contributed by atoms with Crippen molar-refractivity contribution in [3.63, 3.8) is 0 Å². The number of rotatable bonds is 2. The highest BCUT2D eigenvalue weighted by Gasteiger charge is 2.30. The summed E-state index contributed by atoms with van der Waals surface area (Å²) in [7, 11) is 0. The number of fused-ring (bicyclic) bond motifs is 1. The molecule has 0 saturated heterocycles. The summed E-state index contributed by atoms with van der Waals surface area (Å²) in [5.41, 5.74) is 2.03. The molecule has 0 bridgehead atoms. The molecule has 5 heteroatoms. The van der Waals surface area contributed by atoms with Gasteiger partial charge in [0.25, 0.3) is 0 Å². The maximum Gasteiger partial charge on any atom is 0.312 e. The lowest BCUT2D eigenvalue weighted by Gasteiger charge is -2.16. The van der Waals surface area contributed by atoms with Crippen molar-refractivity contribution in [3.05, 3.63) is 27.6 Å². The molecule has 0 radical (unpaired) electrons. The lowest BCUT2D eigenvalue weighted by Crippen LogP contribution is -2.17. The fourth-order valence-corrected chi connectivity index (χ4v) is 4.60. The van der Waals surface area contributed by atoms with E-state index in [0.29, 0.717) is 0 Å². The number of carbonyl (C=O) groups is 1. The van der Waals surface area contributed by atoms with Gasteiger partial charge in [-0.2, -0.15) is 0 Å². The van der Waals surface area contributed by atoms with Crippen LogP contribution in [-0.2, 0) is 11.2 Å². The number of thiophene rings is 1. The average molecular weight is 279 g/mol. The van der Waals surface area contributed by atoms with E-state index < -0.39 is 11.9 Å². The van der Waals surface area contributed by atoms with Crippen molar-refractivity contribution >= 4 is 28.6 Å². The van der Waals surface area contributed by atoms with E-state index in [2.05, 4.69) is 23.4 Å². The highest BCUT2D eigenvalue weighted by molar-refractivity contribution is 7.21. The van der Waals surface area contributed by atoms with Crippen LogP contribution in [0.3, 0.4) is 0 Å². The fourth-order valence-electron chi connectivity index (χ4n) is 2.35. The molecule has 0 fully saturated rings. The van der Waals surface area contributed by atoms with E-state index in [9.17, 15) is 9.90 Å². The summed E-state index contributed by atoms with van der Waals surface area (Å²) in [5.74, 6) is -1.14. The molecule has 18 heavy (non-hydrogen) atoms. The molecule has 1 atom stereocenters. The average Bonchev–Trinajstić information content (AvgIpc) is 2.92. The molecule has 1 aliphatic rings. The van der Waals surface area contributed by atoms with Crippen molar-refractivity contribution < 1.29 is 9.90 Å². The molecular formula is C13H13NO2S2. The third-order valence-electron chi connectivity index (χ3n) is 3.31. The molecule has 0 saturated carbocycles. The Morgan fingerprint density at radius 3 is 3.06 bits per heavy atom. The first-order chi connectivity index (χ1) is 8.66. The first-order valence-electron chi connectivity index (χ1n) is 5.93. The number of hydrogen-bond donors (Lipinski definition) is 1. The number of nitrogens with zero attached hydrogens (tertiary/aromatic N) is 1. The molecule has 0 aliphatic heterocycles. The minimum atomic E-state index is -0.740. The maximum atomic E-state index is 11.2.